The molecule has 1 atom stereocenters. The van der Waals surface area contributed by atoms with Gasteiger partial charge in [0.25, 0.3) is 5.91 Å². The molecule has 1 aromatic rings. The zero-order chi connectivity index (χ0) is 14.5. The van der Waals surface area contributed by atoms with E-state index in [2.05, 4.69) is 5.92 Å². The van der Waals surface area contributed by atoms with Gasteiger partial charge in [-0.15, -0.1) is 6.42 Å². The SMILES string of the molecule is C#CCOc1ccc(C(=O)N(C)CC(O)C2CC2)cc1. The zero-order valence-corrected chi connectivity index (χ0v) is 11.6. The van der Waals surface area contributed by atoms with E-state index in [0.29, 0.717) is 23.8 Å². The summed E-state index contributed by atoms with van der Waals surface area (Å²) in [4.78, 5) is 13.7. The van der Waals surface area contributed by atoms with Crippen LogP contribution in [0.4, 0.5) is 0 Å². The van der Waals surface area contributed by atoms with Gasteiger partial charge < -0.3 is 14.7 Å². The zero-order valence-electron chi connectivity index (χ0n) is 11.6. The van der Waals surface area contributed by atoms with E-state index in [1.807, 2.05) is 0 Å². The number of hydrogen-bond donors (Lipinski definition) is 1. The largest absolute Gasteiger partial charge is 0.481 e. The Labute approximate surface area is 119 Å². The quantitative estimate of drug-likeness (QED) is 0.800. The van der Waals surface area contributed by atoms with E-state index < -0.39 is 6.10 Å². The van der Waals surface area contributed by atoms with Crippen LogP contribution in [-0.4, -0.2) is 42.2 Å². The van der Waals surface area contributed by atoms with Crippen LogP contribution < -0.4 is 4.74 Å². The van der Waals surface area contributed by atoms with Gasteiger partial charge in [-0.1, -0.05) is 5.92 Å². The topological polar surface area (TPSA) is 49.8 Å². The van der Waals surface area contributed by atoms with Gasteiger partial charge in [0.1, 0.15) is 12.4 Å². The summed E-state index contributed by atoms with van der Waals surface area (Å²) < 4.78 is 5.25. The monoisotopic (exact) mass is 273 g/mol. The summed E-state index contributed by atoms with van der Waals surface area (Å²) in [5.41, 5.74) is 0.573. The molecule has 0 spiro atoms. The molecule has 0 radical (unpaired) electrons. The van der Waals surface area contributed by atoms with Gasteiger partial charge in [-0.2, -0.15) is 0 Å². The van der Waals surface area contributed by atoms with Gasteiger partial charge in [0.2, 0.25) is 0 Å². The summed E-state index contributed by atoms with van der Waals surface area (Å²) in [5.74, 6) is 3.29. The molecule has 1 fully saturated rings. The van der Waals surface area contributed by atoms with Crippen LogP contribution in [0.2, 0.25) is 0 Å². The lowest BCUT2D eigenvalue weighted by molar-refractivity contribution is 0.0645. The number of aliphatic hydroxyl groups excluding tert-OH is 1. The average Bonchev–Trinajstić information content (AvgIpc) is 3.29. The van der Waals surface area contributed by atoms with E-state index in [1.54, 1.807) is 36.2 Å². The predicted molar refractivity (Wildman–Crippen MR) is 76.5 cm³/mol. The van der Waals surface area contributed by atoms with Crippen molar-refractivity contribution >= 4 is 5.91 Å². The van der Waals surface area contributed by atoms with E-state index in [-0.39, 0.29) is 12.5 Å². The number of aliphatic hydroxyl groups is 1. The Balaban J connectivity index is 1.92. The van der Waals surface area contributed by atoms with E-state index >= 15 is 0 Å². The molecule has 0 heterocycles. The van der Waals surface area contributed by atoms with Crippen LogP contribution in [0, 0.1) is 18.3 Å². The molecule has 0 saturated heterocycles. The second kappa shape index (κ2) is 6.44. The average molecular weight is 273 g/mol. The fraction of sp³-hybridized carbons (Fsp3) is 0.438. The number of nitrogens with zero attached hydrogens (tertiary/aromatic N) is 1. The fourth-order valence-corrected chi connectivity index (χ4v) is 2.03. The van der Waals surface area contributed by atoms with Crippen LogP contribution in [0.15, 0.2) is 24.3 Å². The number of terminal acetylenes is 1. The summed E-state index contributed by atoms with van der Waals surface area (Å²) in [6.07, 6.45) is 6.82. The van der Waals surface area contributed by atoms with Crippen LogP contribution in [-0.2, 0) is 0 Å². The Bertz CT molecular complexity index is 499. The molecule has 0 bridgehead atoms. The number of likely N-dealkylation sites (N-methyl/N-ethyl adjacent to an activating group) is 1. The number of rotatable bonds is 6. The lowest BCUT2D eigenvalue weighted by Crippen LogP contribution is -2.35. The van der Waals surface area contributed by atoms with Crippen molar-refractivity contribution in [1.29, 1.82) is 0 Å². The second-order valence-electron chi connectivity index (χ2n) is 5.11. The van der Waals surface area contributed by atoms with Crippen LogP contribution in [0.1, 0.15) is 23.2 Å². The first kappa shape index (κ1) is 14.4. The van der Waals surface area contributed by atoms with Gasteiger partial charge in [-0.3, -0.25) is 4.79 Å². The summed E-state index contributed by atoms with van der Waals surface area (Å²) >= 11 is 0. The molecule has 1 aliphatic rings. The van der Waals surface area contributed by atoms with Crippen LogP contribution >= 0.6 is 0 Å². The van der Waals surface area contributed by atoms with Crippen LogP contribution in [0.25, 0.3) is 0 Å². The molecule has 0 aromatic heterocycles. The molecule has 1 aromatic carbocycles. The fourth-order valence-electron chi connectivity index (χ4n) is 2.03. The van der Waals surface area contributed by atoms with Gasteiger partial charge in [0.05, 0.1) is 6.10 Å². The first-order valence-electron chi connectivity index (χ1n) is 6.71. The number of hydrogen-bond acceptors (Lipinski definition) is 3. The number of carbonyl (C=O) groups excluding carboxylic acids is 1. The Morgan fingerprint density at radius 3 is 2.70 bits per heavy atom. The molecular formula is C16H19NO3. The maximum absolute atomic E-state index is 12.2. The molecule has 2 rings (SSSR count). The Morgan fingerprint density at radius 2 is 2.15 bits per heavy atom. The van der Waals surface area contributed by atoms with Gasteiger partial charge >= 0.3 is 0 Å². The van der Waals surface area contributed by atoms with E-state index in [9.17, 15) is 9.90 Å². The molecule has 1 saturated carbocycles. The number of carbonyl (C=O) groups is 1. The van der Waals surface area contributed by atoms with E-state index in [4.69, 9.17) is 11.2 Å². The first-order chi connectivity index (χ1) is 9.61. The molecule has 0 aliphatic heterocycles. The highest BCUT2D eigenvalue weighted by Crippen LogP contribution is 2.32. The lowest BCUT2D eigenvalue weighted by atomic mass is 10.1. The minimum Gasteiger partial charge on any atom is -0.481 e. The smallest absolute Gasteiger partial charge is 0.253 e. The molecule has 4 heteroatoms. The number of amides is 1. The van der Waals surface area contributed by atoms with Crippen molar-refractivity contribution in [3.8, 4) is 18.1 Å². The highest BCUT2D eigenvalue weighted by molar-refractivity contribution is 5.94. The highest BCUT2D eigenvalue weighted by Gasteiger charge is 2.31. The third-order valence-corrected chi connectivity index (χ3v) is 3.40. The van der Waals surface area contributed by atoms with E-state index in [1.165, 1.54) is 0 Å². The number of ether oxygens (including phenoxy) is 1. The Morgan fingerprint density at radius 1 is 1.50 bits per heavy atom. The van der Waals surface area contributed by atoms with Gasteiger partial charge in [-0.05, 0) is 43.0 Å². The van der Waals surface area contributed by atoms with Crippen LogP contribution in [0.3, 0.4) is 0 Å². The van der Waals surface area contributed by atoms with Gasteiger partial charge in [-0.25, -0.2) is 0 Å². The van der Waals surface area contributed by atoms with Crippen molar-refractivity contribution in [2.45, 2.75) is 18.9 Å². The predicted octanol–water partition coefficient (Wildman–Crippen LogP) is 1.54. The van der Waals surface area contributed by atoms with Crippen molar-refractivity contribution in [3.05, 3.63) is 29.8 Å². The van der Waals surface area contributed by atoms with Crippen molar-refractivity contribution in [2.24, 2.45) is 5.92 Å². The van der Waals surface area contributed by atoms with Crippen molar-refractivity contribution in [1.82, 2.24) is 4.90 Å². The first-order valence-corrected chi connectivity index (χ1v) is 6.71. The summed E-state index contributed by atoms with van der Waals surface area (Å²) in [6, 6.07) is 6.84. The minimum atomic E-state index is -0.415. The second-order valence-corrected chi connectivity index (χ2v) is 5.11. The maximum Gasteiger partial charge on any atom is 0.253 e. The normalized spacial score (nSPS) is 15.2. The molecular weight excluding hydrogens is 254 g/mol. The van der Waals surface area contributed by atoms with Crippen molar-refractivity contribution < 1.29 is 14.6 Å². The minimum absolute atomic E-state index is 0.104. The lowest BCUT2D eigenvalue weighted by Gasteiger charge is -2.20. The van der Waals surface area contributed by atoms with E-state index in [0.717, 1.165) is 12.8 Å². The molecule has 20 heavy (non-hydrogen) atoms. The van der Waals surface area contributed by atoms with Gasteiger partial charge in [0, 0.05) is 19.2 Å². The maximum atomic E-state index is 12.2. The highest BCUT2D eigenvalue weighted by atomic mass is 16.5. The molecule has 1 N–H and O–H groups in total. The van der Waals surface area contributed by atoms with Gasteiger partial charge in [0.15, 0.2) is 0 Å². The molecule has 1 aliphatic carbocycles. The standard InChI is InChI=1S/C16H19NO3/c1-3-10-20-14-8-6-13(7-9-14)16(19)17(2)11-15(18)12-4-5-12/h1,6-9,12,15,18H,4-5,10-11H2,2H3. The van der Waals surface area contributed by atoms with Crippen molar-refractivity contribution in [2.75, 3.05) is 20.2 Å². The summed E-state index contributed by atoms with van der Waals surface area (Å²) in [7, 11) is 1.71. The van der Waals surface area contributed by atoms with Crippen molar-refractivity contribution in [3.63, 3.8) is 0 Å². The number of benzene rings is 1. The van der Waals surface area contributed by atoms with Crippen LogP contribution in [0.5, 0.6) is 5.75 Å². The molecule has 1 amide bonds. The Kier molecular flexibility index (Phi) is 4.65. The third kappa shape index (κ3) is 3.75. The summed E-state index contributed by atoms with van der Waals surface area (Å²) in [5, 5.41) is 9.86. The molecule has 106 valence electrons. The molecule has 1 unspecified atom stereocenters. The third-order valence-electron chi connectivity index (χ3n) is 3.40. The Hall–Kier alpha value is -1.99. The molecule has 4 nitrogen and oxygen atoms in total. The summed E-state index contributed by atoms with van der Waals surface area (Å²) in [6.45, 7) is 0.583.